The van der Waals surface area contributed by atoms with Gasteiger partial charge >= 0.3 is 0 Å². The summed E-state index contributed by atoms with van der Waals surface area (Å²) in [5, 5.41) is 9.25. The van der Waals surface area contributed by atoms with Gasteiger partial charge in [-0.15, -0.1) is 0 Å². The van der Waals surface area contributed by atoms with Crippen molar-refractivity contribution in [2.45, 2.75) is 44.8 Å². The monoisotopic (exact) mass is 566 g/mol. The maximum Gasteiger partial charge on any atom is 0.247 e. The number of hydrogen-bond donors (Lipinski definition) is 3. The molecule has 0 radical (unpaired) electrons. The fourth-order valence-corrected chi connectivity index (χ4v) is 4.04. The molecule has 1 saturated heterocycles. The van der Waals surface area contributed by atoms with Crippen LogP contribution >= 0.6 is 0 Å². The highest BCUT2D eigenvalue weighted by Gasteiger charge is 2.38. The third-order valence-corrected chi connectivity index (χ3v) is 6.10. The van der Waals surface area contributed by atoms with Crippen LogP contribution in [-0.2, 0) is 9.59 Å². The summed E-state index contributed by atoms with van der Waals surface area (Å²) in [6.45, 7) is 3.67. The number of likely N-dealkylation sites (N-methyl/N-ethyl adjacent to an activating group) is 1. The average Bonchev–Trinajstić information content (AvgIpc) is 3.36. The molecule has 41 heavy (non-hydrogen) atoms. The number of carbonyl (C=O) groups is 2. The molecule has 1 aliphatic rings. The molecular formula is C29H39FN8O3. The van der Waals surface area contributed by atoms with E-state index in [0.717, 1.165) is 18.7 Å². The fraction of sp³-hybridized carbons (Fsp3) is 0.483. The van der Waals surface area contributed by atoms with Gasteiger partial charge in [-0.05, 0) is 33.0 Å². The van der Waals surface area contributed by atoms with Crippen molar-refractivity contribution < 1.29 is 18.7 Å². The molecule has 1 fully saturated rings. The number of alkyl halides is 1. The van der Waals surface area contributed by atoms with Crippen molar-refractivity contribution in [2.24, 2.45) is 0 Å². The molecule has 2 amide bonds. The van der Waals surface area contributed by atoms with E-state index in [4.69, 9.17) is 4.74 Å². The van der Waals surface area contributed by atoms with Gasteiger partial charge in [0.1, 0.15) is 18.0 Å². The van der Waals surface area contributed by atoms with E-state index in [9.17, 15) is 14.0 Å². The summed E-state index contributed by atoms with van der Waals surface area (Å²) < 4.78 is 19.2. The Morgan fingerprint density at radius 2 is 2.12 bits per heavy atom. The first-order valence-corrected chi connectivity index (χ1v) is 13.7. The lowest BCUT2D eigenvalue weighted by atomic mass is 10.2. The van der Waals surface area contributed by atoms with Crippen molar-refractivity contribution in [2.75, 3.05) is 58.0 Å². The highest BCUT2D eigenvalue weighted by molar-refractivity contribution is 5.93. The van der Waals surface area contributed by atoms with Gasteiger partial charge in [-0.1, -0.05) is 24.8 Å². The van der Waals surface area contributed by atoms with Crippen LogP contribution in [0.4, 0.5) is 21.8 Å². The second-order valence-corrected chi connectivity index (χ2v) is 9.79. The molecule has 2 atom stereocenters. The number of amides is 2. The Hall–Kier alpha value is -4.24. The lowest BCUT2D eigenvalue weighted by Crippen LogP contribution is -2.45. The third-order valence-electron chi connectivity index (χ3n) is 6.10. The number of unbranched alkanes of at least 4 members (excludes halogenated alkanes) is 1. The fourth-order valence-electron chi connectivity index (χ4n) is 4.04. The summed E-state index contributed by atoms with van der Waals surface area (Å²) in [6, 6.07) is 2.73. The number of methoxy groups -OCH3 is 1. The Bertz CT molecular complexity index is 1260. The van der Waals surface area contributed by atoms with Crippen molar-refractivity contribution in [1.82, 2.24) is 30.1 Å². The molecule has 0 aromatic carbocycles. The molecule has 1 aliphatic heterocycles. The Labute approximate surface area is 241 Å². The molecule has 3 rings (SSSR count). The van der Waals surface area contributed by atoms with Crippen molar-refractivity contribution in [3.63, 3.8) is 0 Å². The van der Waals surface area contributed by atoms with Crippen molar-refractivity contribution in [3.8, 4) is 17.7 Å². The van der Waals surface area contributed by atoms with Crippen LogP contribution in [0.1, 0.15) is 38.2 Å². The average molecular weight is 567 g/mol. The summed E-state index contributed by atoms with van der Waals surface area (Å²) >= 11 is 0. The lowest BCUT2D eigenvalue weighted by molar-refractivity contribution is -0.135. The van der Waals surface area contributed by atoms with E-state index in [1.54, 1.807) is 37.7 Å². The SMILES string of the molecule is CCCNc1nc(Nc2ccnc(OC)c2)ncc1C#CCCCNC(=O)[C@@H]1C[C@H](F)CN1C(=O)/C=C/CN(C)C. The molecule has 11 nitrogen and oxygen atoms in total. The van der Waals surface area contributed by atoms with Gasteiger partial charge in [-0.3, -0.25) is 9.59 Å². The minimum atomic E-state index is -1.21. The second kappa shape index (κ2) is 16.1. The molecule has 0 bridgehead atoms. The molecule has 0 spiro atoms. The van der Waals surface area contributed by atoms with E-state index in [-0.39, 0.29) is 24.8 Å². The van der Waals surface area contributed by atoms with Crippen LogP contribution in [0.5, 0.6) is 5.88 Å². The summed E-state index contributed by atoms with van der Waals surface area (Å²) in [5.74, 6) is 7.03. The third kappa shape index (κ3) is 10.0. The van der Waals surface area contributed by atoms with E-state index in [1.165, 1.54) is 11.0 Å². The van der Waals surface area contributed by atoms with Crippen LogP contribution in [0, 0.1) is 11.8 Å². The standard InChI is InChI=1S/C29H39FN8O3/c1-5-13-32-27-21(19-34-29(36-27)35-23-12-15-31-25(18-23)41-4)10-7-6-8-14-33-28(40)24-17-22(30)20-38(24)26(39)11-9-16-37(2)3/h9,11-12,15,18-19,22,24H,5-6,8,13-14,16-17,20H2,1-4H3,(H,33,40)(H2,31,32,34,35,36)/b11-9+/t22-,24-/m0/s1. The first-order chi connectivity index (χ1) is 19.8. The van der Waals surface area contributed by atoms with Crippen LogP contribution in [0.2, 0.25) is 0 Å². The number of hydrogen-bond acceptors (Lipinski definition) is 9. The summed E-state index contributed by atoms with van der Waals surface area (Å²) in [7, 11) is 5.32. The molecule has 3 N–H and O–H groups in total. The van der Waals surface area contributed by atoms with Crippen LogP contribution in [0.15, 0.2) is 36.7 Å². The normalized spacial score (nSPS) is 16.4. The molecular weight excluding hydrogens is 527 g/mol. The number of nitrogens with zero attached hydrogens (tertiary/aromatic N) is 5. The zero-order valence-corrected chi connectivity index (χ0v) is 24.1. The van der Waals surface area contributed by atoms with Crippen LogP contribution in [0.3, 0.4) is 0 Å². The zero-order valence-electron chi connectivity index (χ0n) is 24.1. The highest BCUT2D eigenvalue weighted by Crippen LogP contribution is 2.22. The number of carbonyl (C=O) groups excluding carboxylic acids is 2. The number of halogens is 1. The topological polar surface area (TPSA) is 125 Å². The van der Waals surface area contributed by atoms with Gasteiger partial charge in [0.15, 0.2) is 0 Å². The smallest absolute Gasteiger partial charge is 0.247 e. The Balaban J connectivity index is 1.52. The minimum Gasteiger partial charge on any atom is -0.481 e. The Morgan fingerprint density at radius 1 is 1.29 bits per heavy atom. The molecule has 0 saturated carbocycles. The summed E-state index contributed by atoms with van der Waals surface area (Å²) in [5.41, 5.74) is 1.41. The van der Waals surface area contributed by atoms with Gasteiger partial charge < -0.3 is 30.5 Å². The maximum absolute atomic E-state index is 14.1. The first kappa shape index (κ1) is 31.3. The van der Waals surface area contributed by atoms with Crippen LogP contribution in [0.25, 0.3) is 0 Å². The van der Waals surface area contributed by atoms with Gasteiger partial charge in [0, 0.05) is 56.5 Å². The van der Waals surface area contributed by atoms with E-state index in [1.807, 2.05) is 19.0 Å². The van der Waals surface area contributed by atoms with Gasteiger partial charge in [0.25, 0.3) is 0 Å². The van der Waals surface area contributed by atoms with Crippen molar-refractivity contribution in [1.29, 1.82) is 0 Å². The van der Waals surface area contributed by atoms with Crippen LogP contribution < -0.4 is 20.7 Å². The molecule has 12 heteroatoms. The zero-order chi connectivity index (χ0) is 29.6. The van der Waals surface area contributed by atoms with E-state index >= 15 is 0 Å². The quantitative estimate of drug-likeness (QED) is 0.191. The summed E-state index contributed by atoms with van der Waals surface area (Å²) in [6.07, 6.45) is 7.23. The number of rotatable bonds is 13. The van der Waals surface area contributed by atoms with E-state index in [2.05, 4.69) is 49.7 Å². The predicted molar refractivity (Wildman–Crippen MR) is 157 cm³/mol. The van der Waals surface area contributed by atoms with Gasteiger partial charge in [0.05, 0.1) is 25.4 Å². The number of aromatic nitrogens is 3. The molecule has 0 unspecified atom stereocenters. The molecule has 220 valence electrons. The van der Waals surface area contributed by atoms with Gasteiger partial charge in [-0.2, -0.15) is 4.98 Å². The van der Waals surface area contributed by atoms with Crippen molar-refractivity contribution >= 4 is 29.3 Å². The van der Waals surface area contributed by atoms with Crippen LogP contribution in [-0.4, -0.2) is 96.2 Å². The molecule has 2 aromatic heterocycles. The molecule has 3 heterocycles. The number of anilines is 3. The largest absolute Gasteiger partial charge is 0.481 e. The number of likely N-dealkylation sites (tertiary alicyclic amines) is 1. The molecule has 0 aliphatic carbocycles. The Kier molecular flexibility index (Phi) is 12.3. The van der Waals surface area contributed by atoms with E-state index in [0.29, 0.717) is 49.1 Å². The molecule has 2 aromatic rings. The van der Waals surface area contributed by atoms with Gasteiger partial charge in [0.2, 0.25) is 23.6 Å². The maximum atomic E-state index is 14.1. The predicted octanol–water partition coefficient (Wildman–Crippen LogP) is 2.75. The summed E-state index contributed by atoms with van der Waals surface area (Å²) in [4.78, 5) is 41.5. The number of pyridine rings is 1. The number of ether oxygens (including phenoxy) is 1. The minimum absolute atomic E-state index is 0.00595. The van der Waals surface area contributed by atoms with E-state index < -0.39 is 12.2 Å². The van der Waals surface area contributed by atoms with Crippen molar-refractivity contribution in [3.05, 3.63) is 42.2 Å². The van der Waals surface area contributed by atoms with Gasteiger partial charge in [-0.25, -0.2) is 14.4 Å². The first-order valence-electron chi connectivity index (χ1n) is 13.7. The number of nitrogens with one attached hydrogen (secondary N) is 3. The lowest BCUT2D eigenvalue weighted by Gasteiger charge is -2.22. The highest BCUT2D eigenvalue weighted by atomic mass is 19.1. The second-order valence-electron chi connectivity index (χ2n) is 9.79. The Morgan fingerprint density at radius 3 is 2.88 bits per heavy atom.